The maximum absolute atomic E-state index is 13.6. The van der Waals surface area contributed by atoms with Crippen LogP contribution in [0.3, 0.4) is 0 Å². The molecule has 1 unspecified atom stereocenters. The van der Waals surface area contributed by atoms with E-state index in [2.05, 4.69) is 61.4 Å². The Labute approximate surface area is 198 Å². The van der Waals surface area contributed by atoms with E-state index in [4.69, 9.17) is 0 Å². The van der Waals surface area contributed by atoms with Gasteiger partial charge in [0.05, 0.1) is 24.0 Å². The summed E-state index contributed by atoms with van der Waals surface area (Å²) in [5.74, 6) is 0.695. The smallest absolute Gasteiger partial charge is 0.225 e. The van der Waals surface area contributed by atoms with E-state index in [1.807, 2.05) is 55.1 Å². The van der Waals surface area contributed by atoms with E-state index < -0.39 is 0 Å². The first-order valence-electron chi connectivity index (χ1n) is 12.1. The first kappa shape index (κ1) is 20.8. The highest BCUT2D eigenvalue weighted by molar-refractivity contribution is 6.02. The Morgan fingerprint density at radius 1 is 1.09 bits per heavy atom. The highest BCUT2D eigenvalue weighted by Gasteiger charge is 2.32. The number of aromatic nitrogens is 4. The Morgan fingerprint density at radius 3 is 2.74 bits per heavy atom. The number of pyridine rings is 1. The van der Waals surface area contributed by atoms with Crippen molar-refractivity contribution in [2.75, 3.05) is 13.1 Å². The molecular formula is C28H29N5O. The van der Waals surface area contributed by atoms with Crippen molar-refractivity contribution < 1.29 is 4.79 Å². The number of H-pyrrole nitrogens is 1. The molecule has 1 fully saturated rings. The van der Waals surface area contributed by atoms with Crippen LogP contribution in [0.4, 0.5) is 0 Å². The molecule has 4 aromatic heterocycles. The Balaban J connectivity index is 1.28. The van der Waals surface area contributed by atoms with Crippen LogP contribution in [0, 0.1) is 5.92 Å². The lowest BCUT2D eigenvalue weighted by Gasteiger charge is -2.39. The molecule has 3 atom stereocenters. The van der Waals surface area contributed by atoms with E-state index in [-0.39, 0.29) is 18.0 Å². The van der Waals surface area contributed by atoms with Gasteiger partial charge in [0.1, 0.15) is 5.65 Å². The van der Waals surface area contributed by atoms with Gasteiger partial charge in [-0.2, -0.15) is 0 Å². The highest BCUT2D eigenvalue weighted by Crippen LogP contribution is 2.34. The lowest BCUT2D eigenvalue weighted by Crippen LogP contribution is -2.44. The number of hydrogen-bond acceptors (Lipinski definition) is 2. The Kier molecular flexibility index (Phi) is 5.21. The molecular weight excluding hydrogens is 422 g/mol. The van der Waals surface area contributed by atoms with Gasteiger partial charge in [-0.05, 0) is 42.2 Å². The molecule has 1 saturated heterocycles. The molecule has 0 bridgehead atoms. The summed E-state index contributed by atoms with van der Waals surface area (Å²) in [6.07, 6.45) is 11.6. The maximum Gasteiger partial charge on any atom is 0.225 e. The number of nitrogens with one attached hydrogen (secondary N) is 1. The van der Waals surface area contributed by atoms with Gasteiger partial charge in [0.15, 0.2) is 0 Å². The molecule has 6 rings (SSSR count). The van der Waals surface area contributed by atoms with Crippen LogP contribution in [-0.2, 0) is 4.79 Å². The average Bonchev–Trinajstić information content (AvgIpc) is 3.63. The van der Waals surface area contributed by atoms with Crippen LogP contribution in [0.2, 0.25) is 0 Å². The van der Waals surface area contributed by atoms with Gasteiger partial charge >= 0.3 is 0 Å². The first-order valence-corrected chi connectivity index (χ1v) is 12.1. The fraction of sp³-hybridized carbons (Fsp3) is 0.286. The molecule has 1 aliphatic rings. The third-order valence-electron chi connectivity index (χ3n) is 7.43. The van der Waals surface area contributed by atoms with Gasteiger partial charge < -0.3 is 19.0 Å². The number of aromatic amines is 1. The van der Waals surface area contributed by atoms with Crippen LogP contribution in [-0.4, -0.2) is 43.0 Å². The molecule has 1 aliphatic heterocycles. The quantitative estimate of drug-likeness (QED) is 0.389. The zero-order valence-electron chi connectivity index (χ0n) is 19.3. The molecule has 0 saturated carbocycles. The number of piperidine rings is 1. The van der Waals surface area contributed by atoms with Crippen LogP contribution in [0.5, 0.6) is 0 Å². The second-order valence-electron chi connectivity index (χ2n) is 9.46. The zero-order chi connectivity index (χ0) is 23.1. The van der Waals surface area contributed by atoms with Crippen molar-refractivity contribution in [3.05, 3.63) is 91.1 Å². The van der Waals surface area contributed by atoms with E-state index in [0.717, 1.165) is 41.5 Å². The first-order chi connectivity index (χ1) is 16.7. The summed E-state index contributed by atoms with van der Waals surface area (Å²) >= 11 is 0. The van der Waals surface area contributed by atoms with Crippen molar-refractivity contribution in [2.24, 2.45) is 5.92 Å². The summed E-state index contributed by atoms with van der Waals surface area (Å²) in [5, 5.41) is 2.27. The molecule has 1 aromatic carbocycles. The SMILES string of the molecule is C[C@@H]1CCN(C(=O)CC(c2ccccc2)n2cccc2)C[C@@H]1n1ccc2cnc3[nH]ccc3c21. The van der Waals surface area contributed by atoms with Crippen molar-refractivity contribution in [3.63, 3.8) is 0 Å². The largest absolute Gasteiger partial charge is 0.346 e. The molecule has 0 radical (unpaired) electrons. The standard InChI is InChI=1S/C28H29N5O/c1-20-10-15-32(26(34)17-24(31-13-5-6-14-31)21-7-3-2-4-8-21)19-25(20)33-16-11-22-18-30-28-23(27(22)33)9-12-29-28/h2-9,11-14,16,18,20,24-25H,10,15,17,19H2,1H3,(H,29,30)/t20-,24?,25+/m1/s1. The molecule has 34 heavy (non-hydrogen) atoms. The van der Waals surface area contributed by atoms with Crippen LogP contribution in [0.1, 0.15) is 37.4 Å². The van der Waals surface area contributed by atoms with Crippen LogP contribution < -0.4 is 0 Å². The van der Waals surface area contributed by atoms with Crippen molar-refractivity contribution in [1.82, 2.24) is 24.0 Å². The summed E-state index contributed by atoms with van der Waals surface area (Å²) in [6, 6.07) is 18.8. The van der Waals surface area contributed by atoms with E-state index in [1.54, 1.807) is 0 Å². The van der Waals surface area contributed by atoms with Gasteiger partial charge in [-0.15, -0.1) is 0 Å². The van der Waals surface area contributed by atoms with E-state index >= 15 is 0 Å². The third kappa shape index (κ3) is 3.59. The minimum absolute atomic E-state index is 0.000497. The summed E-state index contributed by atoms with van der Waals surface area (Å²) < 4.78 is 4.52. The number of fused-ring (bicyclic) bond motifs is 3. The summed E-state index contributed by atoms with van der Waals surface area (Å²) in [4.78, 5) is 23.5. The molecule has 5 aromatic rings. The zero-order valence-corrected chi connectivity index (χ0v) is 19.3. The summed E-state index contributed by atoms with van der Waals surface area (Å²) in [6.45, 7) is 3.84. The number of nitrogens with zero attached hydrogens (tertiary/aromatic N) is 4. The lowest BCUT2D eigenvalue weighted by molar-refractivity contribution is -0.134. The molecule has 172 valence electrons. The lowest BCUT2D eigenvalue weighted by atomic mass is 9.92. The monoisotopic (exact) mass is 451 g/mol. The molecule has 1 amide bonds. The average molecular weight is 452 g/mol. The Morgan fingerprint density at radius 2 is 1.91 bits per heavy atom. The van der Waals surface area contributed by atoms with Crippen molar-refractivity contribution >= 4 is 27.8 Å². The topological polar surface area (TPSA) is 58.9 Å². The van der Waals surface area contributed by atoms with Gasteiger partial charge in [-0.3, -0.25) is 4.79 Å². The highest BCUT2D eigenvalue weighted by atomic mass is 16.2. The number of carbonyl (C=O) groups excluding carboxylic acids is 1. The van der Waals surface area contributed by atoms with Crippen LogP contribution in [0.15, 0.2) is 85.6 Å². The van der Waals surface area contributed by atoms with Crippen LogP contribution in [0.25, 0.3) is 21.9 Å². The fourth-order valence-corrected chi connectivity index (χ4v) is 5.49. The Bertz CT molecular complexity index is 1420. The number of hydrogen-bond donors (Lipinski definition) is 1. The minimum Gasteiger partial charge on any atom is -0.346 e. The molecule has 0 aliphatic carbocycles. The van der Waals surface area contributed by atoms with Gasteiger partial charge in [-0.1, -0.05) is 37.3 Å². The molecule has 0 spiro atoms. The van der Waals surface area contributed by atoms with Gasteiger partial charge in [-0.25, -0.2) is 4.98 Å². The van der Waals surface area contributed by atoms with E-state index in [0.29, 0.717) is 12.3 Å². The normalized spacial score (nSPS) is 19.6. The van der Waals surface area contributed by atoms with Crippen LogP contribution >= 0.6 is 0 Å². The molecule has 1 N–H and O–H groups in total. The van der Waals surface area contributed by atoms with Crippen molar-refractivity contribution in [1.29, 1.82) is 0 Å². The Hall–Kier alpha value is -3.80. The fourth-order valence-electron chi connectivity index (χ4n) is 5.49. The molecule has 6 nitrogen and oxygen atoms in total. The number of likely N-dealkylation sites (tertiary alicyclic amines) is 1. The summed E-state index contributed by atoms with van der Waals surface area (Å²) in [5.41, 5.74) is 3.26. The molecule has 5 heterocycles. The maximum atomic E-state index is 13.6. The number of rotatable bonds is 5. The van der Waals surface area contributed by atoms with Gasteiger partial charge in [0, 0.05) is 54.8 Å². The number of carbonyl (C=O) groups is 1. The second-order valence-corrected chi connectivity index (χ2v) is 9.46. The predicted octanol–water partition coefficient (Wildman–Crippen LogP) is 5.41. The number of benzene rings is 1. The minimum atomic E-state index is -0.000497. The third-order valence-corrected chi connectivity index (χ3v) is 7.43. The van der Waals surface area contributed by atoms with E-state index in [9.17, 15) is 4.79 Å². The van der Waals surface area contributed by atoms with Gasteiger partial charge in [0.2, 0.25) is 5.91 Å². The summed E-state index contributed by atoms with van der Waals surface area (Å²) in [7, 11) is 0. The van der Waals surface area contributed by atoms with Crippen molar-refractivity contribution in [3.8, 4) is 0 Å². The number of amides is 1. The van der Waals surface area contributed by atoms with E-state index in [1.165, 1.54) is 5.52 Å². The second kappa shape index (κ2) is 8.52. The van der Waals surface area contributed by atoms with Crippen molar-refractivity contribution in [2.45, 2.75) is 31.8 Å². The molecule has 6 heteroatoms. The predicted molar refractivity (Wildman–Crippen MR) is 135 cm³/mol. The van der Waals surface area contributed by atoms with Gasteiger partial charge in [0.25, 0.3) is 0 Å².